The molecular formula is C20H16O4. The highest BCUT2D eigenvalue weighted by atomic mass is 16.4. The SMILES string of the molecule is CC(=C/C(=O)O)/C=C/C1(O)c2ccccc2C(=O)c2ccccc21. The molecule has 3 rings (SSSR count). The molecule has 0 atom stereocenters. The van der Waals surface area contributed by atoms with Crippen LogP contribution in [0.2, 0.25) is 0 Å². The van der Waals surface area contributed by atoms with Crippen molar-refractivity contribution in [1.82, 2.24) is 0 Å². The van der Waals surface area contributed by atoms with Gasteiger partial charge in [0, 0.05) is 28.3 Å². The lowest BCUT2D eigenvalue weighted by Crippen LogP contribution is -2.33. The molecule has 4 heteroatoms. The second-order valence-corrected chi connectivity index (χ2v) is 5.75. The Hall–Kier alpha value is -2.98. The van der Waals surface area contributed by atoms with Crippen molar-refractivity contribution in [3.8, 4) is 0 Å². The van der Waals surface area contributed by atoms with E-state index in [0.717, 1.165) is 6.08 Å². The van der Waals surface area contributed by atoms with Crippen LogP contribution in [0.3, 0.4) is 0 Å². The molecule has 0 saturated carbocycles. The minimum absolute atomic E-state index is 0.128. The summed E-state index contributed by atoms with van der Waals surface area (Å²) in [6, 6.07) is 13.8. The van der Waals surface area contributed by atoms with Crippen molar-refractivity contribution >= 4 is 11.8 Å². The molecule has 1 aliphatic rings. The summed E-state index contributed by atoms with van der Waals surface area (Å²) in [6.07, 6.45) is 4.15. The van der Waals surface area contributed by atoms with Gasteiger partial charge < -0.3 is 10.2 Å². The summed E-state index contributed by atoms with van der Waals surface area (Å²) >= 11 is 0. The van der Waals surface area contributed by atoms with Crippen LogP contribution in [-0.4, -0.2) is 22.0 Å². The maximum absolute atomic E-state index is 12.7. The second kappa shape index (κ2) is 5.91. The quantitative estimate of drug-likeness (QED) is 0.673. The third kappa shape index (κ3) is 2.57. The number of aliphatic carboxylic acids is 1. The Morgan fingerprint density at radius 2 is 1.50 bits per heavy atom. The zero-order valence-electron chi connectivity index (χ0n) is 13.1. The number of hydrogen-bond donors (Lipinski definition) is 2. The number of carbonyl (C=O) groups is 2. The standard InChI is InChI=1S/C20H16O4/c1-13(12-18(21)22)10-11-20(24)16-8-4-2-6-14(16)19(23)15-7-3-5-9-17(15)20/h2-12,24H,1H3,(H,21,22)/b11-10+,13-12-. The summed E-state index contributed by atoms with van der Waals surface area (Å²) in [7, 11) is 0. The fourth-order valence-corrected chi connectivity index (χ4v) is 2.99. The van der Waals surface area contributed by atoms with Crippen LogP contribution in [0, 0.1) is 0 Å². The van der Waals surface area contributed by atoms with Gasteiger partial charge in [-0.25, -0.2) is 4.79 Å². The Labute approximate surface area is 139 Å². The minimum Gasteiger partial charge on any atom is -0.478 e. The fraction of sp³-hybridized carbons (Fsp3) is 0.100. The van der Waals surface area contributed by atoms with Crippen LogP contribution in [-0.2, 0) is 10.4 Å². The van der Waals surface area contributed by atoms with Gasteiger partial charge in [0.25, 0.3) is 0 Å². The first-order valence-electron chi connectivity index (χ1n) is 7.50. The average molecular weight is 320 g/mol. The van der Waals surface area contributed by atoms with E-state index in [9.17, 15) is 14.7 Å². The minimum atomic E-state index is -1.49. The molecule has 0 unspecified atom stereocenters. The molecule has 4 nitrogen and oxygen atoms in total. The number of carboxylic acid groups (broad SMARTS) is 1. The van der Waals surface area contributed by atoms with Crippen molar-refractivity contribution in [3.05, 3.63) is 94.6 Å². The van der Waals surface area contributed by atoms with Gasteiger partial charge in [0.2, 0.25) is 0 Å². The monoisotopic (exact) mass is 320 g/mol. The maximum atomic E-state index is 12.7. The van der Waals surface area contributed by atoms with Crippen molar-refractivity contribution in [1.29, 1.82) is 0 Å². The van der Waals surface area contributed by atoms with Gasteiger partial charge in [-0.2, -0.15) is 0 Å². The van der Waals surface area contributed by atoms with E-state index < -0.39 is 11.6 Å². The van der Waals surface area contributed by atoms with Gasteiger partial charge in [0.15, 0.2) is 5.78 Å². The molecule has 0 saturated heterocycles. The summed E-state index contributed by atoms with van der Waals surface area (Å²) in [5.74, 6) is -1.18. The molecule has 0 fully saturated rings. The van der Waals surface area contributed by atoms with Crippen LogP contribution in [0.25, 0.3) is 0 Å². The van der Waals surface area contributed by atoms with Crippen LogP contribution in [0.15, 0.2) is 72.3 Å². The van der Waals surface area contributed by atoms with Gasteiger partial charge in [0.05, 0.1) is 0 Å². The van der Waals surface area contributed by atoms with E-state index in [1.165, 1.54) is 6.08 Å². The number of rotatable bonds is 3. The average Bonchev–Trinajstić information content (AvgIpc) is 2.58. The predicted octanol–water partition coefficient (Wildman–Crippen LogP) is 3.05. The van der Waals surface area contributed by atoms with Gasteiger partial charge in [-0.3, -0.25) is 4.79 Å². The highest BCUT2D eigenvalue weighted by Gasteiger charge is 2.39. The highest BCUT2D eigenvalue weighted by Crippen LogP contribution is 2.40. The highest BCUT2D eigenvalue weighted by molar-refractivity contribution is 6.13. The van der Waals surface area contributed by atoms with Gasteiger partial charge in [-0.15, -0.1) is 0 Å². The topological polar surface area (TPSA) is 74.6 Å². The zero-order chi connectivity index (χ0) is 17.3. The van der Waals surface area contributed by atoms with Crippen LogP contribution >= 0.6 is 0 Å². The smallest absolute Gasteiger partial charge is 0.328 e. The first-order chi connectivity index (χ1) is 11.4. The molecule has 2 aromatic carbocycles. The Balaban J connectivity index is 2.20. The number of carboxylic acids is 1. The van der Waals surface area contributed by atoms with Gasteiger partial charge >= 0.3 is 5.97 Å². The second-order valence-electron chi connectivity index (χ2n) is 5.75. The number of carbonyl (C=O) groups excluding carboxylic acids is 1. The van der Waals surface area contributed by atoms with Crippen molar-refractivity contribution in [3.63, 3.8) is 0 Å². The normalized spacial score (nSPS) is 15.9. The van der Waals surface area contributed by atoms with Gasteiger partial charge in [-0.05, 0) is 18.6 Å². The zero-order valence-corrected chi connectivity index (χ0v) is 13.1. The van der Waals surface area contributed by atoms with Gasteiger partial charge in [-0.1, -0.05) is 54.6 Å². The lowest BCUT2D eigenvalue weighted by Gasteiger charge is -2.33. The lowest BCUT2D eigenvalue weighted by atomic mass is 9.74. The van der Waals surface area contributed by atoms with Crippen LogP contribution < -0.4 is 0 Å². The molecule has 0 heterocycles. The third-order valence-corrected chi connectivity index (χ3v) is 4.10. The molecular weight excluding hydrogens is 304 g/mol. The predicted molar refractivity (Wildman–Crippen MR) is 89.8 cm³/mol. The molecule has 24 heavy (non-hydrogen) atoms. The Morgan fingerprint density at radius 1 is 1.00 bits per heavy atom. The van der Waals surface area contributed by atoms with Crippen molar-refractivity contribution in [2.45, 2.75) is 12.5 Å². The van der Waals surface area contributed by atoms with E-state index in [0.29, 0.717) is 27.8 Å². The molecule has 2 aromatic rings. The molecule has 0 amide bonds. The van der Waals surface area contributed by atoms with Crippen molar-refractivity contribution < 1.29 is 19.8 Å². The summed E-state index contributed by atoms with van der Waals surface area (Å²) in [5.41, 5.74) is 0.879. The first-order valence-corrected chi connectivity index (χ1v) is 7.50. The van der Waals surface area contributed by atoms with Crippen LogP contribution in [0.1, 0.15) is 34.0 Å². The Kier molecular flexibility index (Phi) is 3.91. The summed E-state index contributed by atoms with van der Waals surface area (Å²) in [6.45, 7) is 1.64. The maximum Gasteiger partial charge on any atom is 0.328 e. The molecule has 0 aliphatic heterocycles. The Bertz CT molecular complexity index is 841. The molecule has 0 aromatic heterocycles. The van der Waals surface area contributed by atoms with Crippen LogP contribution in [0.5, 0.6) is 0 Å². The number of aliphatic hydroxyl groups is 1. The Morgan fingerprint density at radius 3 is 2.00 bits per heavy atom. The molecule has 2 N–H and O–H groups in total. The van der Waals surface area contributed by atoms with E-state index in [2.05, 4.69) is 0 Å². The fourth-order valence-electron chi connectivity index (χ4n) is 2.99. The number of benzene rings is 2. The van der Waals surface area contributed by atoms with E-state index >= 15 is 0 Å². The van der Waals surface area contributed by atoms with Crippen molar-refractivity contribution in [2.24, 2.45) is 0 Å². The molecule has 0 bridgehead atoms. The van der Waals surface area contributed by atoms with Crippen LogP contribution in [0.4, 0.5) is 0 Å². The summed E-state index contributed by atoms with van der Waals surface area (Å²) in [4.78, 5) is 23.4. The number of ketones is 1. The van der Waals surface area contributed by atoms with E-state index in [4.69, 9.17) is 5.11 Å². The van der Waals surface area contributed by atoms with E-state index in [-0.39, 0.29) is 5.78 Å². The molecule has 1 aliphatic carbocycles. The molecule has 0 spiro atoms. The lowest BCUT2D eigenvalue weighted by molar-refractivity contribution is -0.131. The van der Waals surface area contributed by atoms with Gasteiger partial charge in [0.1, 0.15) is 5.60 Å². The summed E-state index contributed by atoms with van der Waals surface area (Å²) in [5, 5.41) is 20.2. The number of hydrogen-bond acceptors (Lipinski definition) is 3. The third-order valence-electron chi connectivity index (χ3n) is 4.10. The van der Waals surface area contributed by atoms with E-state index in [1.54, 1.807) is 61.5 Å². The van der Waals surface area contributed by atoms with Crippen molar-refractivity contribution in [2.75, 3.05) is 0 Å². The molecule has 120 valence electrons. The summed E-state index contributed by atoms with van der Waals surface area (Å²) < 4.78 is 0. The number of fused-ring (bicyclic) bond motifs is 2. The molecule has 0 radical (unpaired) electrons. The van der Waals surface area contributed by atoms with E-state index in [1.807, 2.05) is 0 Å². The first kappa shape index (κ1) is 15.9. The number of allylic oxidation sites excluding steroid dienone is 2. The largest absolute Gasteiger partial charge is 0.478 e.